The Bertz CT molecular complexity index is 1260. The number of halogens is 1. The first-order valence-electron chi connectivity index (χ1n) is 11.3. The van der Waals surface area contributed by atoms with E-state index in [1.165, 1.54) is 23.3 Å². The number of carbonyl (C=O) groups is 1. The maximum atomic E-state index is 13.4. The first-order valence-corrected chi connectivity index (χ1v) is 12.4. The van der Waals surface area contributed by atoms with Crippen LogP contribution in [-0.4, -0.2) is 21.1 Å². The maximum absolute atomic E-state index is 13.4. The zero-order valence-electron chi connectivity index (χ0n) is 19.6. The van der Waals surface area contributed by atoms with Crippen LogP contribution < -0.4 is 15.4 Å². The summed E-state index contributed by atoms with van der Waals surface area (Å²) in [7, 11) is -1.64. The molecular formula is C26H29FN4O2S. The second kappa shape index (κ2) is 10.0. The second-order valence-corrected chi connectivity index (χ2v) is 9.96. The molecule has 0 aliphatic heterocycles. The SMILES string of the molecule is CC(=O)N(Cc1cccc2c1CC(N)CC2)c1cc(C)c(S(=O)Nc2cccc(F)n2)cc1C. The Morgan fingerprint density at radius 1 is 1.21 bits per heavy atom. The van der Waals surface area contributed by atoms with Gasteiger partial charge in [-0.25, -0.2) is 9.19 Å². The first-order chi connectivity index (χ1) is 16.2. The van der Waals surface area contributed by atoms with Gasteiger partial charge in [-0.3, -0.25) is 9.52 Å². The summed E-state index contributed by atoms with van der Waals surface area (Å²) in [5, 5.41) is 0. The molecule has 0 saturated carbocycles. The Hall–Kier alpha value is -3.10. The summed E-state index contributed by atoms with van der Waals surface area (Å²) < 4.78 is 29.1. The lowest BCUT2D eigenvalue weighted by Gasteiger charge is -2.28. The third-order valence-electron chi connectivity index (χ3n) is 6.23. The second-order valence-electron chi connectivity index (χ2n) is 8.78. The zero-order valence-corrected chi connectivity index (χ0v) is 20.4. The first kappa shape index (κ1) is 24.0. The summed E-state index contributed by atoms with van der Waals surface area (Å²) in [6.45, 7) is 5.74. The number of aromatic nitrogens is 1. The molecule has 2 aromatic carbocycles. The van der Waals surface area contributed by atoms with E-state index in [0.29, 0.717) is 11.4 Å². The third-order valence-corrected chi connectivity index (χ3v) is 7.46. The summed E-state index contributed by atoms with van der Waals surface area (Å²) in [6, 6.07) is 14.4. The van der Waals surface area contributed by atoms with Crippen molar-refractivity contribution in [3.63, 3.8) is 0 Å². The van der Waals surface area contributed by atoms with Gasteiger partial charge >= 0.3 is 0 Å². The molecule has 1 aliphatic rings. The van der Waals surface area contributed by atoms with Gasteiger partial charge in [-0.2, -0.15) is 4.39 Å². The highest BCUT2D eigenvalue weighted by atomic mass is 32.2. The standard InChI is InChI=1S/C26H29FN4O2S/c1-16-13-24(34(33)30-26-9-5-8-25(27)29-26)17(2)12-23(16)31(18(3)32)15-20-7-4-6-19-10-11-21(28)14-22(19)20/h4-9,12-13,21H,10-11,14-15,28H2,1-3H3,(H,29,30). The van der Waals surface area contributed by atoms with E-state index in [2.05, 4.69) is 21.8 Å². The van der Waals surface area contributed by atoms with E-state index in [1.807, 2.05) is 26.0 Å². The molecule has 1 heterocycles. The quantitative estimate of drug-likeness (QED) is 0.514. The number of carbonyl (C=O) groups excluding carboxylic acids is 1. The summed E-state index contributed by atoms with van der Waals surface area (Å²) >= 11 is 0. The molecule has 0 spiro atoms. The average molecular weight is 481 g/mol. The van der Waals surface area contributed by atoms with Crippen LogP contribution in [0.25, 0.3) is 0 Å². The molecule has 3 N–H and O–H groups in total. The van der Waals surface area contributed by atoms with Crippen molar-refractivity contribution in [1.29, 1.82) is 0 Å². The molecule has 2 unspecified atom stereocenters. The monoisotopic (exact) mass is 480 g/mol. The van der Waals surface area contributed by atoms with Crippen LogP contribution in [0.15, 0.2) is 53.4 Å². The number of amides is 1. The zero-order chi connectivity index (χ0) is 24.4. The lowest BCUT2D eigenvalue weighted by atomic mass is 9.85. The van der Waals surface area contributed by atoms with Crippen molar-refractivity contribution >= 4 is 28.4 Å². The van der Waals surface area contributed by atoms with Gasteiger partial charge in [0.25, 0.3) is 0 Å². The molecule has 178 valence electrons. The van der Waals surface area contributed by atoms with Gasteiger partial charge in [0.2, 0.25) is 11.9 Å². The minimum Gasteiger partial charge on any atom is -0.327 e. The number of nitrogens with two attached hydrogens (primary N) is 1. The van der Waals surface area contributed by atoms with Crippen LogP contribution in [-0.2, 0) is 35.2 Å². The van der Waals surface area contributed by atoms with Crippen molar-refractivity contribution < 1.29 is 13.4 Å². The van der Waals surface area contributed by atoms with Crippen LogP contribution in [0, 0.1) is 19.8 Å². The Kier molecular flexibility index (Phi) is 7.09. The fourth-order valence-electron chi connectivity index (χ4n) is 4.45. The van der Waals surface area contributed by atoms with Crippen LogP contribution in [0.5, 0.6) is 0 Å². The Morgan fingerprint density at radius 3 is 2.71 bits per heavy atom. The normalized spacial score (nSPS) is 16.0. The highest BCUT2D eigenvalue weighted by Crippen LogP contribution is 2.31. The number of rotatable bonds is 6. The molecule has 3 aromatic rings. The Balaban J connectivity index is 1.63. The minimum absolute atomic E-state index is 0.0730. The van der Waals surface area contributed by atoms with E-state index in [1.54, 1.807) is 24.0 Å². The number of nitrogens with zero attached hydrogens (tertiary/aromatic N) is 2. The number of aryl methyl sites for hydroxylation is 3. The van der Waals surface area contributed by atoms with Gasteiger partial charge in [0.15, 0.2) is 11.0 Å². The van der Waals surface area contributed by atoms with Crippen LogP contribution in [0.4, 0.5) is 15.9 Å². The topological polar surface area (TPSA) is 88.3 Å². The highest BCUT2D eigenvalue weighted by molar-refractivity contribution is 7.86. The van der Waals surface area contributed by atoms with E-state index < -0.39 is 16.9 Å². The van der Waals surface area contributed by atoms with Crippen molar-refractivity contribution in [3.05, 3.63) is 82.3 Å². The van der Waals surface area contributed by atoms with Crippen LogP contribution in [0.1, 0.15) is 41.2 Å². The number of fused-ring (bicyclic) bond motifs is 1. The van der Waals surface area contributed by atoms with Gasteiger partial charge in [-0.05, 0) is 85.2 Å². The summed E-state index contributed by atoms with van der Waals surface area (Å²) in [5.74, 6) is -0.528. The number of nitrogens with one attached hydrogen (secondary N) is 1. The molecule has 0 bridgehead atoms. The van der Waals surface area contributed by atoms with Crippen LogP contribution >= 0.6 is 0 Å². The minimum atomic E-state index is -1.64. The summed E-state index contributed by atoms with van der Waals surface area (Å²) in [5.41, 5.74) is 12.2. The molecule has 6 nitrogen and oxygen atoms in total. The van der Waals surface area contributed by atoms with Crippen molar-refractivity contribution in [2.45, 2.75) is 57.5 Å². The van der Waals surface area contributed by atoms with Gasteiger partial charge in [0.05, 0.1) is 11.4 Å². The molecule has 0 radical (unpaired) electrons. The maximum Gasteiger partial charge on any atom is 0.224 e. The fourth-order valence-corrected chi connectivity index (χ4v) is 5.50. The summed E-state index contributed by atoms with van der Waals surface area (Å²) in [4.78, 5) is 18.7. The predicted molar refractivity (Wildman–Crippen MR) is 133 cm³/mol. The number of hydrogen-bond acceptors (Lipinski definition) is 4. The van der Waals surface area contributed by atoms with Crippen LogP contribution in [0.2, 0.25) is 0 Å². The predicted octanol–water partition coefficient (Wildman–Crippen LogP) is 4.34. The fraction of sp³-hybridized carbons (Fsp3) is 0.308. The van der Waals surface area contributed by atoms with Crippen molar-refractivity contribution in [1.82, 2.24) is 4.98 Å². The molecular weight excluding hydrogens is 451 g/mol. The smallest absolute Gasteiger partial charge is 0.224 e. The lowest BCUT2D eigenvalue weighted by Crippen LogP contribution is -2.32. The highest BCUT2D eigenvalue weighted by Gasteiger charge is 2.22. The molecule has 8 heteroatoms. The summed E-state index contributed by atoms with van der Waals surface area (Å²) in [6.07, 6.45) is 2.74. The number of anilines is 2. The van der Waals surface area contributed by atoms with Crippen molar-refractivity contribution in [2.75, 3.05) is 9.62 Å². The molecule has 0 fully saturated rings. The largest absolute Gasteiger partial charge is 0.327 e. The lowest BCUT2D eigenvalue weighted by molar-refractivity contribution is -0.116. The van der Waals surface area contributed by atoms with E-state index in [-0.39, 0.29) is 17.8 Å². The molecule has 0 saturated heterocycles. The van der Waals surface area contributed by atoms with Crippen molar-refractivity contribution in [2.24, 2.45) is 5.73 Å². The van der Waals surface area contributed by atoms with E-state index >= 15 is 0 Å². The number of pyridine rings is 1. The molecule has 2 atom stereocenters. The molecule has 1 aromatic heterocycles. The van der Waals surface area contributed by atoms with E-state index in [4.69, 9.17) is 5.73 Å². The van der Waals surface area contributed by atoms with Gasteiger partial charge in [0, 0.05) is 18.7 Å². The molecule has 1 amide bonds. The molecule has 4 rings (SSSR count). The molecule has 1 aliphatic carbocycles. The van der Waals surface area contributed by atoms with E-state index in [9.17, 15) is 13.4 Å². The third kappa shape index (κ3) is 5.18. The van der Waals surface area contributed by atoms with Gasteiger partial charge < -0.3 is 10.6 Å². The van der Waals surface area contributed by atoms with E-state index in [0.717, 1.165) is 41.6 Å². The number of hydrogen-bond donors (Lipinski definition) is 2. The number of benzene rings is 2. The average Bonchev–Trinajstić information content (AvgIpc) is 2.78. The Labute approximate surface area is 202 Å². The Morgan fingerprint density at radius 2 is 1.97 bits per heavy atom. The molecule has 34 heavy (non-hydrogen) atoms. The van der Waals surface area contributed by atoms with Gasteiger partial charge in [0.1, 0.15) is 5.82 Å². The van der Waals surface area contributed by atoms with Gasteiger partial charge in [-0.1, -0.05) is 24.3 Å². The van der Waals surface area contributed by atoms with Gasteiger partial charge in [-0.15, -0.1) is 0 Å². The van der Waals surface area contributed by atoms with Crippen molar-refractivity contribution in [3.8, 4) is 0 Å². The van der Waals surface area contributed by atoms with Crippen LogP contribution in [0.3, 0.4) is 0 Å².